The number of rotatable bonds is 4. The molecule has 3 heterocycles. The highest BCUT2D eigenvalue weighted by molar-refractivity contribution is 9.10. The number of aryl methyl sites for hydroxylation is 1. The summed E-state index contributed by atoms with van der Waals surface area (Å²) in [4.78, 5) is 13.4. The van der Waals surface area contributed by atoms with E-state index in [4.69, 9.17) is 0 Å². The molecule has 0 atom stereocenters. The standard InChI is InChI=1S/C14H20BrN7/c1-20-10-18-19-13(20)9-22-5-3-12(4-6-22)21(2)14-16-7-11(15)8-17-14/h7-8,10,12H,3-6,9H2,1-2H3. The van der Waals surface area contributed by atoms with Crippen molar-refractivity contribution in [2.45, 2.75) is 25.4 Å². The van der Waals surface area contributed by atoms with E-state index < -0.39 is 0 Å². The minimum absolute atomic E-state index is 0.483. The lowest BCUT2D eigenvalue weighted by atomic mass is 10.0. The van der Waals surface area contributed by atoms with E-state index in [9.17, 15) is 0 Å². The van der Waals surface area contributed by atoms with Crippen LogP contribution in [0.4, 0.5) is 5.95 Å². The topological polar surface area (TPSA) is 63.0 Å². The van der Waals surface area contributed by atoms with Crippen LogP contribution in [0, 0.1) is 0 Å². The molecule has 1 saturated heterocycles. The lowest BCUT2D eigenvalue weighted by Crippen LogP contribution is -2.43. The normalized spacial score (nSPS) is 16.9. The molecule has 22 heavy (non-hydrogen) atoms. The number of nitrogens with zero attached hydrogens (tertiary/aromatic N) is 7. The van der Waals surface area contributed by atoms with Crippen molar-refractivity contribution < 1.29 is 0 Å². The maximum atomic E-state index is 4.38. The second-order valence-corrected chi connectivity index (χ2v) is 6.59. The van der Waals surface area contributed by atoms with Crippen LogP contribution in [-0.4, -0.2) is 55.8 Å². The molecule has 0 aliphatic carbocycles. The molecule has 0 radical (unpaired) electrons. The van der Waals surface area contributed by atoms with Gasteiger partial charge in [-0.3, -0.25) is 4.90 Å². The molecule has 118 valence electrons. The lowest BCUT2D eigenvalue weighted by molar-refractivity contribution is 0.197. The Morgan fingerprint density at radius 3 is 2.55 bits per heavy atom. The highest BCUT2D eigenvalue weighted by Crippen LogP contribution is 2.20. The highest BCUT2D eigenvalue weighted by Gasteiger charge is 2.24. The van der Waals surface area contributed by atoms with E-state index in [1.54, 1.807) is 18.7 Å². The molecule has 2 aromatic rings. The van der Waals surface area contributed by atoms with Gasteiger partial charge in [0.05, 0.1) is 11.0 Å². The summed E-state index contributed by atoms with van der Waals surface area (Å²) in [6.07, 6.45) is 7.55. The Bertz CT molecular complexity index is 604. The highest BCUT2D eigenvalue weighted by atomic mass is 79.9. The van der Waals surface area contributed by atoms with Crippen molar-refractivity contribution in [1.29, 1.82) is 0 Å². The molecule has 3 rings (SSSR count). The number of hydrogen-bond donors (Lipinski definition) is 0. The minimum atomic E-state index is 0.483. The van der Waals surface area contributed by atoms with Gasteiger partial charge in [-0.25, -0.2) is 9.97 Å². The molecule has 8 heteroatoms. The summed E-state index contributed by atoms with van der Waals surface area (Å²) in [5.41, 5.74) is 0. The number of halogens is 1. The van der Waals surface area contributed by atoms with Crippen LogP contribution in [0.3, 0.4) is 0 Å². The van der Waals surface area contributed by atoms with Gasteiger partial charge in [0.15, 0.2) is 0 Å². The van der Waals surface area contributed by atoms with E-state index in [-0.39, 0.29) is 0 Å². The summed E-state index contributed by atoms with van der Waals surface area (Å²) >= 11 is 3.37. The van der Waals surface area contributed by atoms with E-state index >= 15 is 0 Å². The smallest absolute Gasteiger partial charge is 0.225 e. The Kier molecular flexibility index (Phi) is 4.68. The maximum absolute atomic E-state index is 4.38. The zero-order chi connectivity index (χ0) is 15.5. The third-order valence-corrected chi connectivity index (χ3v) is 4.61. The fourth-order valence-corrected chi connectivity index (χ4v) is 2.97. The van der Waals surface area contributed by atoms with Crippen molar-refractivity contribution in [3.8, 4) is 0 Å². The number of piperidine rings is 1. The first kappa shape index (κ1) is 15.4. The second-order valence-electron chi connectivity index (χ2n) is 5.68. The maximum Gasteiger partial charge on any atom is 0.225 e. The number of aromatic nitrogens is 5. The average Bonchev–Trinajstić information content (AvgIpc) is 2.93. The SMILES string of the molecule is CN(c1ncc(Br)cn1)C1CCN(Cc2nncn2C)CC1. The Morgan fingerprint density at radius 2 is 1.95 bits per heavy atom. The van der Waals surface area contributed by atoms with Crippen LogP contribution in [0.1, 0.15) is 18.7 Å². The van der Waals surface area contributed by atoms with Gasteiger partial charge in [0.2, 0.25) is 5.95 Å². The summed E-state index contributed by atoms with van der Waals surface area (Å²) in [6, 6.07) is 0.483. The Morgan fingerprint density at radius 1 is 1.27 bits per heavy atom. The Hall–Kier alpha value is -1.54. The summed E-state index contributed by atoms with van der Waals surface area (Å²) in [7, 11) is 4.06. The van der Waals surface area contributed by atoms with Crippen molar-refractivity contribution in [3.05, 3.63) is 29.0 Å². The van der Waals surface area contributed by atoms with Crippen molar-refractivity contribution in [2.75, 3.05) is 25.0 Å². The minimum Gasteiger partial charge on any atom is -0.341 e. The quantitative estimate of drug-likeness (QED) is 0.817. The molecular formula is C14H20BrN7. The first-order valence-electron chi connectivity index (χ1n) is 7.39. The van der Waals surface area contributed by atoms with Crippen LogP contribution in [0.5, 0.6) is 0 Å². The zero-order valence-electron chi connectivity index (χ0n) is 12.9. The lowest BCUT2D eigenvalue weighted by Gasteiger charge is -2.36. The van der Waals surface area contributed by atoms with E-state index in [2.05, 4.69) is 52.9 Å². The summed E-state index contributed by atoms with van der Waals surface area (Å²) < 4.78 is 2.89. The molecule has 0 saturated carbocycles. The number of hydrogen-bond acceptors (Lipinski definition) is 6. The summed E-state index contributed by atoms with van der Waals surface area (Å²) in [6.45, 7) is 2.97. The molecular weight excluding hydrogens is 346 g/mol. The van der Waals surface area contributed by atoms with Crippen molar-refractivity contribution in [3.63, 3.8) is 0 Å². The van der Waals surface area contributed by atoms with Crippen molar-refractivity contribution in [2.24, 2.45) is 7.05 Å². The number of likely N-dealkylation sites (tertiary alicyclic amines) is 1. The van der Waals surface area contributed by atoms with Crippen LogP contribution in [0.15, 0.2) is 23.2 Å². The Labute approximate surface area is 138 Å². The van der Waals surface area contributed by atoms with Gasteiger partial charge in [-0.1, -0.05) is 0 Å². The van der Waals surface area contributed by atoms with Gasteiger partial charge in [-0.05, 0) is 28.8 Å². The van der Waals surface area contributed by atoms with Gasteiger partial charge in [0, 0.05) is 45.6 Å². The van der Waals surface area contributed by atoms with Gasteiger partial charge < -0.3 is 9.47 Å². The first-order valence-corrected chi connectivity index (χ1v) is 8.18. The Balaban J connectivity index is 1.55. The zero-order valence-corrected chi connectivity index (χ0v) is 14.4. The van der Waals surface area contributed by atoms with E-state index in [1.165, 1.54) is 0 Å². The van der Waals surface area contributed by atoms with Crippen molar-refractivity contribution in [1.82, 2.24) is 29.6 Å². The van der Waals surface area contributed by atoms with Crippen LogP contribution < -0.4 is 4.90 Å². The molecule has 1 fully saturated rings. The third-order valence-electron chi connectivity index (χ3n) is 4.20. The monoisotopic (exact) mass is 365 g/mol. The van der Waals surface area contributed by atoms with E-state index in [0.29, 0.717) is 6.04 Å². The van der Waals surface area contributed by atoms with Gasteiger partial charge in [-0.2, -0.15) is 0 Å². The molecule has 0 spiro atoms. The molecule has 0 aromatic carbocycles. The molecule has 0 amide bonds. The van der Waals surface area contributed by atoms with Gasteiger partial charge in [0.1, 0.15) is 12.2 Å². The van der Waals surface area contributed by atoms with Crippen LogP contribution in [-0.2, 0) is 13.6 Å². The molecule has 1 aliphatic rings. The van der Waals surface area contributed by atoms with Gasteiger partial charge in [-0.15, -0.1) is 10.2 Å². The van der Waals surface area contributed by atoms with Crippen molar-refractivity contribution >= 4 is 21.9 Å². The molecule has 1 aliphatic heterocycles. The first-order chi connectivity index (χ1) is 10.6. The van der Waals surface area contributed by atoms with E-state index in [1.807, 2.05) is 11.6 Å². The van der Waals surface area contributed by atoms with Gasteiger partial charge >= 0.3 is 0 Å². The van der Waals surface area contributed by atoms with Crippen LogP contribution in [0.2, 0.25) is 0 Å². The fraction of sp³-hybridized carbons (Fsp3) is 0.571. The third kappa shape index (κ3) is 3.44. The van der Waals surface area contributed by atoms with Crippen LogP contribution >= 0.6 is 15.9 Å². The van der Waals surface area contributed by atoms with Crippen LogP contribution in [0.25, 0.3) is 0 Å². The molecule has 0 N–H and O–H groups in total. The molecule has 2 aromatic heterocycles. The number of anilines is 1. The predicted molar refractivity (Wildman–Crippen MR) is 87.4 cm³/mol. The molecule has 0 unspecified atom stereocenters. The average molecular weight is 366 g/mol. The molecule has 7 nitrogen and oxygen atoms in total. The summed E-state index contributed by atoms with van der Waals surface area (Å²) in [5, 5.41) is 8.09. The van der Waals surface area contributed by atoms with E-state index in [0.717, 1.165) is 48.7 Å². The summed E-state index contributed by atoms with van der Waals surface area (Å²) in [5.74, 6) is 1.80. The van der Waals surface area contributed by atoms with Gasteiger partial charge in [0.25, 0.3) is 0 Å². The largest absolute Gasteiger partial charge is 0.341 e. The molecule has 0 bridgehead atoms. The fourth-order valence-electron chi connectivity index (χ4n) is 2.77. The predicted octanol–water partition coefficient (Wildman–Crippen LogP) is 1.47. The second kappa shape index (κ2) is 6.70.